The van der Waals surface area contributed by atoms with Crippen LogP contribution in [0.5, 0.6) is 0 Å². The number of hydrogen-bond donors (Lipinski definition) is 1. The molecule has 3 heteroatoms. The summed E-state index contributed by atoms with van der Waals surface area (Å²) in [6, 6.07) is 0. The van der Waals surface area contributed by atoms with Crippen molar-refractivity contribution in [1.82, 2.24) is 0 Å². The van der Waals surface area contributed by atoms with Gasteiger partial charge in [-0.2, -0.15) is 0 Å². The number of rotatable bonds is 4. The van der Waals surface area contributed by atoms with Crippen molar-refractivity contribution < 1.29 is 14.7 Å². The molecule has 18 heavy (non-hydrogen) atoms. The molecule has 1 N–H and O–H groups in total. The molecule has 1 unspecified atom stereocenters. The van der Waals surface area contributed by atoms with Gasteiger partial charge in [0.25, 0.3) is 0 Å². The van der Waals surface area contributed by atoms with Crippen LogP contribution in [0.1, 0.15) is 33.6 Å². The van der Waals surface area contributed by atoms with Crippen LogP contribution in [0.15, 0.2) is 35.5 Å². The van der Waals surface area contributed by atoms with Crippen LogP contribution in [0.2, 0.25) is 0 Å². The number of carbonyl (C=O) groups is 2. The van der Waals surface area contributed by atoms with Gasteiger partial charge in [0, 0.05) is 18.4 Å². The highest BCUT2D eigenvalue weighted by Gasteiger charge is 2.25. The Labute approximate surface area is 108 Å². The summed E-state index contributed by atoms with van der Waals surface area (Å²) >= 11 is 0. The number of hydrogen-bond acceptors (Lipinski definition) is 2. The molecule has 0 radical (unpaired) electrons. The maximum absolute atomic E-state index is 11.5. The third kappa shape index (κ3) is 3.99. The normalized spacial score (nSPS) is 25.4. The Bertz CT molecular complexity index is 427. The van der Waals surface area contributed by atoms with Gasteiger partial charge in [0.1, 0.15) is 0 Å². The standard InChI is InChI=1S/C15H20O3/c1-4-12-9-13(16)8-11(3)14(12)6-5-10(2)7-15(17)18/h5-8,12,14H,4,9H2,1-3H3,(H,17,18)/b6-5+,10-7-/t12?,14-/m0/s1. The highest BCUT2D eigenvalue weighted by atomic mass is 16.4. The number of ketones is 1. The van der Waals surface area contributed by atoms with E-state index in [9.17, 15) is 9.59 Å². The summed E-state index contributed by atoms with van der Waals surface area (Å²) in [6.07, 6.45) is 8.27. The van der Waals surface area contributed by atoms with E-state index in [1.54, 1.807) is 13.0 Å². The van der Waals surface area contributed by atoms with E-state index < -0.39 is 5.97 Å². The van der Waals surface area contributed by atoms with Gasteiger partial charge in [0.15, 0.2) is 5.78 Å². The number of carboxylic acid groups (broad SMARTS) is 1. The lowest BCUT2D eigenvalue weighted by Gasteiger charge is -2.27. The van der Waals surface area contributed by atoms with E-state index in [1.807, 2.05) is 19.1 Å². The van der Waals surface area contributed by atoms with E-state index in [0.29, 0.717) is 17.9 Å². The lowest BCUT2D eigenvalue weighted by atomic mass is 9.77. The second-order valence-electron chi connectivity index (χ2n) is 4.84. The molecule has 0 saturated heterocycles. The maximum atomic E-state index is 11.5. The molecule has 0 aromatic rings. The zero-order valence-corrected chi connectivity index (χ0v) is 11.1. The van der Waals surface area contributed by atoms with Gasteiger partial charge in [-0.25, -0.2) is 4.79 Å². The van der Waals surface area contributed by atoms with Crippen molar-refractivity contribution in [3.63, 3.8) is 0 Å². The Morgan fingerprint density at radius 3 is 2.78 bits per heavy atom. The first-order valence-corrected chi connectivity index (χ1v) is 6.24. The quantitative estimate of drug-likeness (QED) is 0.614. The molecule has 0 aromatic carbocycles. The summed E-state index contributed by atoms with van der Waals surface area (Å²) in [5.41, 5.74) is 1.78. The average Bonchev–Trinajstić information content (AvgIpc) is 2.25. The molecule has 98 valence electrons. The van der Waals surface area contributed by atoms with Gasteiger partial charge in [-0.15, -0.1) is 0 Å². The predicted molar refractivity (Wildman–Crippen MR) is 71.2 cm³/mol. The largest absolute Gasteiger partial charge is 0.478 e. The van der Waals surface area contributed by atoms with E-state index in [1.165, 1.54) is 6.08 Å². The zero-order valence-electron chi connectivity index (χ0n) is 11.1. The Morgan fingerprint density at radius 1 is 1.56 bits per heavy atom. The lowest BCUT2D eigenvalue weighted by molar-refractivity contribution is -0.131. The van der Waals surface area contributed by atoms with Crippen LogP contribution in [0, 0.1) is 11.8 Å². The first-order chi connectivity index (χ1) is 8.43. The Balaban J connectivity index is 2.87. The first-order valence-electron chi connectivity index (χ1n) is 6.24. The van der Waals surface area contributed by atoms with E-state index in [-0.39, 0.29) is 11.7 Å². The number of allylic oxidation sites excluding steroid dienone is 5. The van der Waals surface area contributed by atoms with E-state index in [4.69, 9.17) is 5.11 Å². The highest BCUT2D eigenvalue weighted by Crippen LogP contribution is 2.32. The average molecular weight is 248 g/mol. The molecular formula is C15H20O3. The molecule has 0 aromatic heterocycles. The summed E-state index contributed by atoms with van der Waals surface area (Å²) in [4.78, 5) is 22.0. The fraction of sp³-hybridized carbons (Fsp3) is 0.467. The maximum Gasteiger partial charge on any atom is 0.328 e. The van der Waals surface area contributed by atoms with Crippen molar-refractivity contribution >= 4 is 11.8 Å². The summed E-state index contributed by atoms with van der Waals surface area (Å²) in [6.45, 7) is 5.81. The van der Waals surface area contributed by atoms with Crippen LogP contribution in [0.4, 0.5) is 0 Å². The van der Waals surface area contributed by atoms with E-state index >= 15 is 0 Å². The van der Waals surface area contributed by atoms with Crippen LogP contribution < -0.4 is 0 Å². The zero-order chi connectivity index (χ0) is 13.7. The Morgan fingerprint density at radius 2 is 2.22 bits per heavy atom. The SMILES string of the molecule is CCC1CC(=O)C=C(C)[C@@H]1/C=C/C(C)=C\C(=O)O. The second-order valence-corrected chi connectivity index (χ2v) is 4.84. The molecule has 3 nitrogen and oxygen atoms in total. The second kappa shape index (κ2) is 6.34. The molecule has 0 bridgehead atoms. The van der Waals surface area contributed by atoms with Gasteiger partial charge in [-0.05, 0) is 31.4 Å². The number of aliphatic carboxylic acids is 1. The van der Waals surface area contributed by atoms with Gasteiger partial charge in [-0.3, -0.25) is 4.79 Å². The monoisotopic (exact) mass is 248 g/mol. The van der Waals surface area contributed by atoms with Gasteiger partial charge < -0.3 is 5.11 Å². The lowest BCUT2D eigenvalue weighted by Crippen LogP contribution is -2.22. The fourth-order valence-electron chi connectivity index (χ4n) is 2.37. The molecule has 1 aliphatic rings. The molecule has 1 aliphatic carbocycles. The summed E-state index contributed by atoms with van der Waals surface area (Å²) in [5, 5.41) is 8.64. The number of carboxylic acids is 1. The summed E-state index contributed by atoms with van der Waals surface area (Å²) < 4.78 is 0. The number of carbonyl (C=O) groups excluding carboxylic acids is 1. The molecule has 0 fully saturated rings. The Kier molecular flexibility index (Phi) is 5.08. The minimum Gasteiger partial charge on any atom is -0.478 e. The van der Waals surface area contributed by atoms with Crippen molar-refractivity contribution in [2.24, 2.45) is 11.8 Å². The molecule has 0 amide bonds. The molecule has 1 rings (SSSR count). The van der Waals surface area contributed by atoms with Gasteiger partial charge in [0.2, 0.25) is 0 Å². The first kappa shape index (κ1) is 14.4. The highest BCUT2D eigenvalue weighted by molar-refractivity contribution is 5.91. The van der Waals surface area contributed by atoms with Crippen molar-refractivity contribution in [1.29, 1.82) is 0 Å². The molecular weight excluding hydrogens is 228 g/mol. The topological polar surface area (TPSA) is 54.4 Å². The molecule has 0 saturated carbocycles. The van der Waals surface area contributed by atoms with Crippen LogP contribution in [0.3, 0.4) is 0 Å². The van der Waals surface area contributed by atoms with E-state index in [0.717, 1.165) is 12.0 Å². The summed E-state index contributed by atoms with van der Waals surface area (Å²) in [5.74, 6) is -0.168. The van der Waals surface area contributed by atoms with Crippen molar-refractivity contribution in [3.8, 4) is 0 Å². The van der Waals surface area contributed by atoms with Gasteiger partial charge in [0.05, 0.1) is 0 Å². The van der Waals surface area contributed by atoms with Crippen LogP contribution in [-0.2, 0) is 9.59 Å². The van der Waals surface area contributed by atoms with Crippen LogP contribution >= 0.6 is 0 Å². The smallest absolute Gasteiger partial charge is 0.328 e. The van der Waals surface area contributed by atoms with Gasteiger partial charge in [-0.1, -0.05) is 31.1 Å². The van der Waals surface area contributed by atoms with Crippen LogP contribution in [0.25, 0.3) is 0 Å². The summed E-state index contributed by atoms with van der Waals surface area (Å²) in [7, 11) is 0. The van der Waals surface area contributed by atoms with E-state index in [2.05, 4.69) is 6.92 Å². The fourth-order valence-corrected chi connectivity index (χ4v) is 2.37. The van der Waals surface area contributed by atoms with Crippen LogP contribution in [-0.4, -0.2) is 16.9 Å². The Hall–Kier alpha value is -1.64. The third-order valence-electron chi connectivity index (χ3n) is 3.33. The van der Waals surface area contributed by atoms with Crippen molar-refractivity contribution in [2.45, 2.75) is 33.6 Å². The third-order valence-corrected chi connectivity index (χ3v) is 3.33. The molecule has 0 spiro atoms. The predicted octanol–water partition coefficient (Wildman–Crippen LogP) is 3.14. The van der Waals surface area contributed by atoms with Crippen molar-refractivity contribution in [3.05, 3.63) is 35.5 Å². The minimum atomic E-state index is -0.935. The molecule has 2 atom stereocenters. The molecule has 0 aliphatic heterocycles. The van der Waals surface area contributed by atoms with Crippen molar-refractivity contribution in [2.75, 3.05) is 0 Å². The molecule has 0 heterocycles. The van der Waals surface area contributed by atoms with Gasteiger partial charge >= 0.3 is 5.97 Å². The minimum absolute atomic E-state index is 0.196.